The maximum atomic E-state index is 12.1. The molecule has 2 aromatic carbocycles. The number of ether oxygens (including phenoxy) is 1. The molecule has 0 atom stereocenters. The summed E-state index contributed by atoms with van der Waals surface area (Å²) in [6.07, 6.45) is 0. The Morgan fingerprint density at radius 1 is 1.11 bits per heavy atom. The fourth-order valence-electron chi connectivity index (χ4n) is 2.42. The molecule has 0 saturated heterocycles. The number of aryl methyl sites for hydroxylation is 1. The number of halogens is 3. The summed E-state index contributed by atoms with van der Waals surface area (Å²) in [6.45, 7) is 2.16. The molecular weight excluding hydrogens is 409 g/mol. The second-order valence-corrected chi connectivity index (χ2v) is 7.07. The Bertz CT molecular complexity index is 935. The van der Waals surface area contributed by atoms with E-state index in [-0.39, 0.29) is 12.5 Å². The van der Waals surface area contributed by atoms with Crippen LogP contribution in [-0.4, -0.2) is 22.3 Å². The minimum absolute atomic E-state index is 0.135. The van der Waals surface area contributed by atoms with E-state index < -0.39 is 0 Å². The van der Waals surface area contributed by atoms with E-state index in [2.05, 4.69) is 10.4 Å². The predicted octanol–water partition coefficient (Wildman–Crippen LogP) is 5.22. The summed E-state index contributed by atoms with van der Waals surface area (Å²) in [7, 11) is 0. The number of anilines is 1. The van der Waals surface area contributed by atoms with Gasteiger partial charge in [-0.1, -0.05) is 40.9 Å². The average molecular weight is 425 g/mol. The van der Waals surface area contributed by atoms with E-state index in [1.807, 2.05) is 6.92 Å². The quantitative estimate of drug-likeness (QED) is 0.590. The maximum absolute atomic E-state index is 12.1. The summed E-state index contributed by atoms with van der Waals surface area (Å²) in [4.78, 5) is 12.1. The highest BCUT2D eigenvalue weighted by molar-refractivity contribution is 6.36. The van der Waals surface area contributed by atoms with Crippen LogP contribution in [0.5, 0.6) is 5.75 Å². The van der Waals surface area contributed by atoms with Crippen molar-refractivity contribution in [3.63, 3.8) is 0 Å². The molecule has 5 nitrogen and oxygen atoms in total. The number of rotatable bonds is 6. The van der Waals surface area contributed by atoms with Crippen molar-refractivity contribution in [3.05, 3.63) is 74.9 Å². The minimum Gasteiger partial charge on any atom is -0.484 e. The van der Waals surface area contributed by atoms with Gasteiger partial charge in [-0.15, -0.1) is 0 Å². The van der Waals surface area contributed by atoms with Gasteiger partial charge in [0.05, 0.1) is 6.54 Å². The largest absolute Gasteiger partial charge is 0.484 e. The first kappa shape index (κ1) is 19.5. The van der Waals surface area contributed by atoms with Gasteiger partial charge in [-0.05, 0) is 43.3 Å². The normalized spacial score (nSPS) is 10.7. The third-order valence-corrected chi connectivity index (χ3v) is 4.76. The molecule has 140 valence electrons. The van der Waals surface area contributed by atoms with Crippen molar-refractivity contribution >= 4 is 46.5 Å². The smallest absolute Gasteiger partial charge is 0.263 e. The van der Waals surface area contributed by atoms with Crippen molar-refractivity contribution < 1.29 is 9.53 Å². The van der Waals surface area contributed by atoms with Gasteiger partial charge in [0.1, 0.15) is 5.75 Å². The van der Waals surface area contributed by atoms with E-state index >= 15 is 0 Å². The Balaban J connectivity index is 1.62. The number of nitrogens with zero attached hydrogens (tertiary/aromatic N) is 2. The lowest BCUT2D eigenvalue weighted by Crippen LogP contribution is -2.20. The first-order valence-electron chi connectivity index (χ1n) is 8.08. The van der Waals surface area contributed by atoms with Crippen LogP contribution in [0.3, 0.4) is 0 Å². The van der Waals surface area contributed by atoms with Gasteiger partial charge < -0.3 is 10.1 Å². The Morgan fingerprint density at radius 3 is 2.44 bits per heavy atom. The lowest BCUT2D eigenvalue weighted by atomic mass is 10.2. The molecule has 1 amide bonds. The number of amides is 1. The Labute approximate surface area is 171 Å². The summed E-state index contributed by atoms with van der Waals surface area (Å²) in [5.74, 6) is 0.676. The summed E-state index contributed by atoms with van der Waals surface area (Å²) >= 11 is 18.2. The van der Waals surface area contributed by atoms with Crippen LogP contribution in [0.2, 0.25) is 15.1 Å². The van der Waals surface area contributed by atoms with Crippen LogP contribution >= 0.6 is 34.8 Å². The van der Waals surface area contributed by atoms with Gasteiger partial charge in [0, 0.05) is 32.4 Å². The lowest BCUT2D eigenvalue weighted by Gasteiger charge is -2.08. The number of carbonyl (C=O) groups is 1. The first-order chi connectivity index (χ1) is 12.9. The minimum atomic E-state index is -0.314. The molecule has 0 radical (unpaired) electrons. The molecule has 3 rings (SSSR count). The van der Waals surface area contributed by atoms with Gasteiger partial charge in [-0.25, -0.2) is 0 Å². The maximum Gasteiger partial charge on any atom is 0.263 e. The molecule has 0 spiro atoms. The SMILES string of the molecule is Cc1cc(NC(=O)COc2ccc(Cl)cc2)nn1Cc1c(Cl)cccc1Cl. The fourth-order valence-corrected chi connectivity index (χ4v) is 3.07. The molecule has 0 bridgehead atoms. The van der Waals surface area contributed by atoms with E-state index in [4.69, 9.17) is 39.5 Å². The molecule has 8 heteroatoms. The van der Waals surface area contributed by atoms with Gasteiger partial charge >= 0.3 is 0 Å². The topological polar surface area (TPSA) is 56.1 Å². The zero-order valence-electron chi connectivity index (χ0n) is 14.4. The van der Waals surface area contributed by atoms with Crippen molar-refractivity contribution in [1.29, 1.82) is 0 Å². The molecule has 1 N–H and O–H groups in total. The molecule has 0 fully saturated rings. The Hall–Kier alpha value is -2.21. The number of aromatic nitrogens is 2. The third kappa shape index (κ3) is 5.16. The highest BCUT2D eigenvalue weighted by Crippen LogP contribution is 2.25. The zero-order chi connectivity index (χ0) is 19.4. The van der Waals surface area contributed by atoms with Gasteiger partial charge in [0.15, 0.2) is 12.4 Å². The summed E-state index contributed by atoms with van der Waals surface area (Å²) in [6, 6.07) is 13.9. The average Bonchev–Trinajstić information content (AvgIpc) is 2.97. The first-order valence-corrected chi connectivity index (χ1v) is 9.21. The second kappa shape index (κ2) is 8.65. The zero-order valence-corrected chi connectivity index (χ0v) is 16.6. The van der Waals surface area contributed by atoms with Crippen molar-refractivity contribution in [1.82, 2.24) is 9.78 Å². The van der Waals surface area contributed by atoms with E-state index in [9.17, 15) is 4.79 Å². The van der Waals surface area contributed by atoms with E-state index in [1.165, 1.54) is 0 Å². The van der Waals surface area contributed by atoms with Crippen molar-refractivity contribution in [2.24, 2.45) is 0 Å². The molecule has 0 saturated carbocycles. The Kier molecular flexibility index (Phi) is 6.26. The van der Waals surface area contributed by atoms with Crippen LogP contribution in [0, 0.1) is 6.92 Å². The van der Waals surface area contributed by atoms with E-state index in [0.717, 1.165) is 11.3 Å². The fraction of sp³-hybridized carbons (Fsp3) is 0.158. The Morgan fingerprint density at radius 2 is 1.78 bits per heavy atom. The highest BCUT2D eigenvalue weighted by atomic mass is 35.5. The third-order valence-electron chi connectivity index (χ3n) is 3.80. The number of benzene rings is 2. The molecule has 0 aliphatic heterocycles. The van der Waals surface area contributed by atoms with Crippen LogP contribution in [0.15, 0.2) is 48.5 Å². The van der Waals surface area contributed by atoms with Crippen LogP contribution in [0.4, 0.5) is 5.82 Å². The summed E-state index contributed by atoms with van der Waals surface area (Å²) in [5, 5.41) is 8.84. The van der Waals surface area contributed by atoms with Crippen LogP contribution in [0.1, 0.15) is 11.3 Å². The van der Waals surface area contributed by atoms with Gasteiger partial charge in [0.2, 0.25) is 0 Å². The number of nitrogens with one attached hydrogen (secondary N) is 1. The predicted molar refractivity (Wildman–Crippen MR) is 108 cm³/mol. The van der Waals surface area contributed by atoms with Gasteiger partial charge in [-0.3, -0.25) is 9.48 Å². The molecule has 0 aliphatic rings. The summed E-state index contributed by atoms with van der Waals surface area (Å²) in [5.41, 5.74) is 1.64. The second-order valence-electron chi connectivity index (χ2n) is 5.82. The molecule has 0 unspecified atom stereocenters. The molecule has 0 aliphatic carbocycles. The van der Waals surface area contributed by atoms with Crippen LogP contribution < -0.4 is 10.1 Å². The molecular formula is C19H16Cl3N3O2. The van der Waals surface area contributed by atoms with Crippen molar-refractivity contribution in [3.8, 4) is 5.75 Å². The molecule has 27 heavy (non-hydrogen) atoms. The monoisotopic (exact) mass is 423 g/mol. The van der Waals surface area contributed by atoms with Gasteiger partial charge in [-0.2, -0.15) is 5.10 Å². The van der Waals surface area contributed by atoms with Crippen LogP contribution in [0.25, 0.3) is 0 Å². The standard InChI is InChI=1S/C19H16Cl3N3O2/c1-12-9-18(23-19(26)11-27-14-7-5-13(20)6-8-14)24-25(12)10-15-16(21)3-2-4-17(15)22/h2-9H,10-11H2,1H3,(H,23,24,26). The summed E-state index contributed by atoms with van der Waals surface area (Å²) < 4.78 is 7.14. The van der Waals surface area contributed by atoms with E-state index in [1.54, 1.807) is 53.2 Å². The number of hydrogen-bond donors (Lipinski definition) is 1. The van der Waals surface area contributed by atoms with Crippen molar-refractivity contribution in [2.75, 3.05) is 11.9 Å². The van der Waals surface area contributed by atoms with Gasteiger partial charge in [0.25, 0.3) is 5.91 Å². The molecule has 1 aromatic heterocycles. The molecule has 3 aromatic rings. The van der Waals surface area contributed by atoms with Crippen LogP contribution in [-0.2, 0) is 11.3 Å². The van der Waals surface area contributed by atoms with Crippen molar-refractivity contribution in [2.45, 2.75) is 13.5 Å². The van der Waals surface area contributed by atoms with E-state index in [0.29, 0.717) is 33.2 Å². The lowest BCUT2D eigenvalue weighted by molar-refractivity contribution is -0.118. The number of hydrogen-bond acceptors (Lipinski definition) is 3. The number of carbonyl (C=O) groups excluding carboxylic acids is 1. The molecule has 1 heterocycles. The highest BCUT2D eigenvalue weighted by Gasteiger charge is 2.12.